The van der Waals surface area contributed by atoms with Crippen LogP contribution < -0.4 is 9.62 Å². The van der Waals surface area contributed by atoms with Crippen molar-refractivity contribution < 1.29 is 18.0 Å². The molecule has 0 heterocycles. The van der Waals surface area contributed by atoms with Gasteiger partial charge in [0.15, 0.2) is 0 Å². The van der Waals surface area contributed by atoms with E-state index in [-0.39, 0.29) is 23.4 Å². The van der Waals surface area contributed by atoms with Gasteiger partial charge < -0.3 is 10.2 Å². The van der Waals surface area contributed by atoms with Crippen molar-refractivity contribution in [1.82, 2.24) is 10.2 Å². The summed E-state index contributed by atoms with van der Waals surface area (Å²) in [6.45, 7) is 3.00. The molecule has 0 radical (unpaired) electrons. The summed E-state index contributed by atoms with van der Waals surface area (Å²) in [6, 6.07) is 19.1. The molecule has 1 atom stereocenters. The average Bonchev–Trinajstić information content (AvgIpc) is 3.45. The molecule has 0 saturated heterocycles. The summed E-state index contributed by atoms with van der Waals surface area (Å²) in [7, 11) is -4.16. The number of carbonyl (C=O) groups is 2. The zero-order chi connectivity index (χ0) is 28.9. The van der Waals surface area contributed by atoms with E-state index in [2.05, 4.69) is 5.32 Å². The van der Waals surface area contributed by atoms with Crippen LogP contribution in [0.5, 0.6) is 0 Å². The number of carbonyl (C=O) groups excluding carboxylic acids is 2. The highest BCUT2D eigenvalue weighted by Crippen LogP contribution is 2.30. The number of anilines is 1. The summed E-state index contributed by atoms with van der Waals surface area (Å²) in [5, 5.41) is 3.95. The molecule has 2 amide bonds. The molecule has 1 aliphatic rings. The molecule has 3 aromatic carbocycles. The molecule has 1 N–H and O–H groups in total. The third-order valence-electron chi connectivity index (χ3n) is 7.18. The minimum atomic E-state index is -4.16. The molecule has 1 aliphatic carbocycles. The first-order valence-electron chi connectivity index (χ1n) is 13.2. The van der Waals surface area contributed by atoms with Crippen molar-refractivity contribution in [1.29, 1.82) is 0 Å². The number of nitrogens with one attached hydrogen (secondary N) is 1. The van der Waals surface area contributed by atoms with Gasteiger partial charge in [-0.05, 0) is 74.2 Å². The molecular weight excluding hydrogens is 569 g/mol. The monoisotopic (exact) mass is 601 g/mol. The van der Waals surface area contributed by atoms with E-state index in [0.29, 0.717) is 21.3 Å². The summed E-state index contributed by atoms with van der Waals surface area (Å²) < 4.78 is 28.9. The summed E-state index contributed by atoms with van der Waals surface area (Å²) in [4.78, 5) is 28.8. The van der Waals surface area contributed by atoms with E-state index >= 15 is 0 Å². The zero-order valence-corrected chi connectivity index (χ0v) is 24.8. The molecule has 4 rings (SSSR count). The summed E-state index contributed by atoms with van der Waals surface area (Å²) in [5.41, 5.74) is 1.68. The van der Waals surface area contributed by atoms with E-state index in [4.69, 9.17) is 23.2 Å². The Hall–Kier alpha value is -3.07. The molecular formula is C30H33Cl2N3O4S. The molecule has 0 aliphatic heterocycles. The van der Waals surface area contributed by atoms with Gasteiger partial charge in [0.05, 0.1) is 10.6 Å². The van der Waals surface area contributed by atoms with Crippen LogP contribution in [0.25, 0.3) is 0 Å². The Bertz CT molecular complexity index is 1440. The summed E-state index contributed by atoms with van der Waals surface area (Å²) in [5.74, 6) is -0.798. The number of sulfonamides is 1. The van der Waals surface area contributed by atoms with Crippen molar-refractivity contribution in [2.75, 3.05) is 10.8 Å². The number of rotatable bonds is 10. The highest BCUT2D eigenvalue weighted by molar-refractivity contribution is 7.92. The van der Waals surface area contributed by atoms with Crippen molar-refractivity contribution in [3.63, 3.8) is 0 Å². The number of amides is 2. The Morgan fingerprint density at radius 1 is 0.950 bits per heavy atom. The van der Waals surface area contributed by atoms with E-state index in [1.54, 1.807) is 68.4 Å². The number of benzene rings is 3. The largest absolute Gasteiger partial charge is 0.352 e. The Kier molecular flexibility index (Phi) is 9.77. The first kappa shape index (κ1) is 29.9. The Labute approximate surface area is 246 Å². The fourth-order valence-electron chi connectivity index (χ4n) is 4.85. The van der Waals surface area contributed by atoms with Gasteiger partial charge in [-0.15, -0.1) is 0 Å². The average molecular weight is 603 g/mol. The zero-order valence-electron chi connectivity index (χ0n) is 22.5. The number of hydrogen-bond acceptors (Lipinski definition) is 4. The number of aryl methyl sites for hydroxylation is 1. The molecule has 3 aromatic rings. The first-order valence-corrected chi connectivity index (χ1v) is 15.4. The lowest BCUT2D eigenvalue weighted by Gasteiger charge is -2.33. The normalized spacial score (nSPS) is 14.5. The van der Waals surface area contributed by atoms with Gasteiger partial charge in [0, 0.05) is 22.6 Å². The van der Waals surface area contributed by atoms with Gasteiger partial charge in [0.1, 0.15) is 12.6 Å². The van der Waals surface area contributed by atoms with Gasteiger partial charge in [-0.3, -0.25) is 13.9 Å². The molecule has 0 bridgehead atoms. The lowest BCUT2D eigenvalue weighted by atomic mass is 10.1. The van der Waals surface area contributed by atoms with Crippen molar-refractivity contribution in [3.8, 4) is 0 Å². The van der Waals surface area contributed by atoms with Crippen LogP contribution in [0.1, 0.15) is 43.7 Å². The second kappa shape index (κ2) is 13.1. The highest BCUT2D eigenvalue weighted by Gasteiger charge is 2.34. The predicted molar refractivity (Wildman–Crippen MR) is 159 cm³/mol. The van der Waals surface area contributed by atoms with E-state index < -0.39 is 28.5 Å². The van der Waals surface area contributed by atoms with Gasteiger partial charge in [0.2, 0.25) is 11.8 Å². The van der Waals surface area contributed by atoms with Crippen molar-refractivity contribution in [3.05, 3.63) is 94.0 Å². The van der Waals surface area contributed by atoms with Crippen LogP contribution in [-0.2, 0) is 26.2 Å². The van der Waals surface area contributed by atoms with Gasteiger partial charge in [-0.2, -0.15) is 0 Å². The smallest absolute Gasteiger partial charge is 0.264 e. The van der Waals surface area contributed by atoms with Gasteiger partial charge in [0.25, 0.3) is 10.0 Å². The van der Waals surface area contributed by atoms with Gasteiger partial charge in [-0.25, -0.2) is 8.42 Å². The molecule has 0 unspecified atom stereocenters. The molecule has 7 nitrogen and oxygen atoms in total. The van der Waals surface area contributed by atoms with Crippen molar-refractivity contribution in [2.45, 2.75) is 63.1 Å². The summed E-state index contributed by atoms with van der Waals surface area (Å²) >= 11 is 12.3. The lowest BCUT2D eigenvalue weighted by molar-refractivity contribution is -0.139. The van der Waals surface area contributed by atoms with Crippen LogP contribution in [0, 0.1) is 6.92 Å². The number of halogens is 2. The van der Waals surface area contributed by atoms with E-state index in [0.717, 1.165) is 35.6 Å². The minimum absolute atomic E-state index is 0.0402. The van der Waals surface area contributed by atoms with Gasteiger partial charge in [-0.1, -0.05) is 72.4 Å². The van der Waals surface area contributed by atoms with Gasteiger partial charge >= 0.3 is 0 Å². The van der Waals surface area contributed by atoms with E-state index in [1.807, 2.05) is 0 Å². The predicted octanol–water partition coefficient (Wildman–Crippen LogP) is 5.97. The Morgan fingerprint density at radius 2 is 1.57 bits per heavy atom. The van der Waals surface area contributed by atoms with E-state index in [9.17, 15) is 18.0 Å². The van der Waals surface area contributed by atoms with Crippen LogP contribution in [0.4, 0.5) is 5.69 Å². The molecule has 1 fully saturated rings. The fraction of sp³-hybridized carbons (Fsp3) is 0.333. The third kappa shape index (κ3) is 7.16. The standard InChI is InChI=1S/C30H33Cl2N3O4S/c1-21-12-15-25(32)18-28(21)35(40(38,39)27-10-4-3-5-11-27)20-29(36)34(19-23-13-16-24(31)17-14-23)22(2)30(37)33-26-8-6-7-9-26/h3-5,10-18,22,26H,6-9,19-20H2,1-2H3,(H,33,37)/t22-/m0/s1. The maximum Gasteiger partial charge on any atom is 0.264 e. The molecule has 0 aromatic heterocycles. The van der Waals surface area contributed by atoms with Crippen LogP contribution >= 0.6 is 23.2 Å². The maximum atomic E-state index is 14.0. The number of hydrogen-bond donors (Lipinski definition) is 1. The quantitative estimate of drug-likeness (QED) is 0.310. The molecule has 1 saturated carbocycles. The van der Waals surface area contributed by atoms with Crippen LogP contribution in [0.15, 0.2) is 77.7 Å². The Morgan fingerprint density at radius 3 is 2.23 bits per heavy atom. The van der Waals surface area contributed by atoms with Crippen molar-refractivity contribution >= 4 is 50.7 Å². The molecule has 40 heavy (non-hydrogen) atoms. The van der Waals surface area contributed by atoms with E-state index in [1.165, 1.54) is 23.1 Å². The lowest BCUT2D eigenvalue weighted by Crippen LogP contribution is -2.52. The topological polar surface area (TPSA) is 86.8 Å². The Balaban J connectivity index is 1.70. The first-order chi connectivity index (χ1) is 19.1. The number of nitrogens with zero attached hydrogens (tertiary/aromatic N) is 2. The second-order valence-electron chi connectivity index (χ2n) is 10.1. The van der Waals surface area contributed by atoms with Crippen molar-refractivity contribution in [2.24, 2.45) is 0 Å². The minimum Gasteiger partial charge on any atom is -0.352 e. The van der Waals surface area contributed by atoms with Crippen LogP contribution in [0.2, 0.25) is 10.0 Å². The fourth-order valence-corrected chi connectivity index (χ4v) is 6.63. The highest BCUT2D eigenvalue weighted by atomic mass is 35.5. The van der Waals surface area contributed by atoms with Crippen LogP contribution in [0.3, 0.4) is 0 Å². The SMILES string of the molecule is Cc1ccc(Cl)cc1N(CC(=O)N(Cc1ccc(Cl)cc1)[C@@H](C)C(=O)NC1CCCC1)S(=O)(=O)c1ccccc1. The maximum absolute atomic E-state index is 14.0. The summed E-state index contributed by atoms with van der Waals surface area (Å²) in [6.07, 6.45) is 3.91. The molecule has 212 valence electrons. The molecule has 10 heteroatoms. The second-order valence-corrected chi connectivity index (χ2v) is 12.8. The third-order valence-corrected chi connectivity index (χ3v) is 9.45. The molecule has 0 spiro atoms. The van der Waals surface area contributed by atoms with Crippen LogP contribution in [-0.4, -0.2) is 43.8 Å².